The van der Waals surface area contributed by atoms with E-state index in [1.165, 1.54) is 17.5 Å². The Labute approximate surface area is 100 Å². The lowest BCUT2D eigenvalue weighted by Crippen LogP contribution is -2.29. The molecular formula is C15H25N. The first-order valence-corrected chi connectivity index (χ1v) is 6.37. The van der Waals surface area contributed by atoms with Gasteiger partial charge < -0.3 is 5.32 Å². The molecule has 0 bridgehead atoms. The molecule has 0 radical (unpaired) electrons. The van der Waals surface area contributed by atoms with Gasteiger partial charge in [-0.3, -0.25) is 0 Å². The summed E-state index contributed by atoms with van der Waals surface area (Å²) in [7, 11) is 0. The van der Waals surface area contributed by atoms with Crippen molar-refractivity contribution >= 4 is 0 Å². The van der Waals surface area contributed by atoms with Crippen LogP contribution in [-0.2, 0) is 6.42 Å². The van der Waals surface area contributed by atoms with Gasteiger partial charge in [0.05, 0.1) is 0 Å². The maximum absolute atomic E-state index is 3.58. The minimum atomic E-state index is 0.571. The topological polar surface area (TPSA) is 12.0 Å². The Hall–Kier alpha value is -0.820. The van der Waals surface area contributed by atoms with E-state index in [-0.39, 0.29) is 0 Å². The zero-order valence-corrected chi connectivity index (χ0v) is 11.1. The van der Waals surface area contributed by atoms with Gasteiger partial charge in [0.1, 0.15) is 0 Å². The molecule has 1 unspecified atom stereocenters. The summed E-state index contributed by atoms with van der Waals surface area (Å²) >= 11 is 0. The molecular weight excluding hydrogens is 194 g/mol. The van der Waals surface area contributed by atoms with E-state index in [1.54, 1.807) is 0 Å². The lowest BCUT2D eigenvalue weighted by atomic mass is 10.1. The van der Waals surface area contributed by atoms with Crippen molar-refractivity contribution in [2.24, 2.45) is 5.92 Å². The van der Waals surface area contributed by atoms with Crippen LogP contribution in [0, 0.1) is 12.8 Å². The lowest BCUT2D eigenvalue weighted by molar-refractivity contribution is 0.485. The van der Waals surface area contributed by atoms with Crippen LogP contribution in [-0.4, -0.2) is 12.6 Å². The lowest BCUT2D eigenvalue weighted by Gasteiger charge is -2.15. The molecule has 1 heteroatoms. The Morgan fingerprint density at radius 1 is 1.06 bits per heavy atom. The Morgan fingerprint density at radius 2 is 1.69 bits per heavy atom. The predicted octanol–water partition coefficient (Wildman–Crippen LogP) is 3.56. The van der Waals surface area contributed by atoms with Gasteiger partial charge in [-0.1, -0.05) is 43.7 Å². The van der Waals surface area contributed by atoms with Crippen LogP contribution in [0.25, 0.3) is 0 Å². The number of benzene rings is 1. The number of hydrogen-bond donors (Lipinski definition) is 1. The highest BCUT2D eigenvalue weighted by atomic mass is 14.9. The third-order valence-electron chi connectivity index (χ3n) is 2.88. The van der Waals surface area contributed by atoms with E-state index in [4.69, 9.17) is 0 Å². The van der Waals surface area contributed by atoms with Crippen LogP contribution < -0.4 is 5.32 Å². The van der Waals surface area contributed by atoms with Crippen molar-refractivity contribution in [3.05, 3.63) is 35.4 Å². The molecule has 0 aliphatic heterocycles. The van der Waals surface area contributed by atoms with Gasteiger partial charge in [0.2, 0.25) is 0 Å². The molecule has 0 spiro atoms. The Balaban J connectivity index is 2.28. The quantitative estimate of drug-likeness (QED) is 0.771. The largest absolute Gasteiger partial charge is 0.314 e. The molecule has 1 aromatic carbocycles. The zero-order chi connectivity index (χ0) is 12.0. The molecule has 0 amide bonds. The summed E-state index contributed by atoms with van der Waals surface area (Å²) in [4.78, 5) is 0. The summed E-state index contributed by atoms with van der Waals surface area (Å²) in [6.45, 7) is 10.1. The number of aryl methyl sites for hydroxylation is 1. The van der Waals surface area contributed by atoms with E-state index in [1.807, 2.05) is 0 Å². The average Bonchev–Trinajstić information content (AvgIpc) is 2.21. The summed E-state index contributed by atoms with van der Waals surface area (Å²) in [5, 5.41) is 3.58. The third kappa shape index (κ3) is 5.32. The van der Waals surface area contributed by atoms with E-state index in [2.05, 4.69) is 57.3 Å². The Bertz CT molecular complexity index is 287. The van der Waals surface area contributed by atoms with Crippen molar-refractivity contribution in [3.8, 4) is 0 Å². The highest BCUT2D eigenvalue weighted by Crippen LogP contribution is 2.06. The van der Waals surface area contributed by atoms with Gasteiger partial charge in [-0.05, 0) is 44.7 Å². The van der Waals surface area contributed by atoms with Crippen molar-refractivity contribution in [1.29, 1.82) is 0 Å². The Morgan fingerprint density at radius 3 is 2.25 bits per heavy atom. The monoisotopic (exact) mass is 219 g/mol. The second-order valence-electron chi connectivity index (χ2n) is 5.23. The molecule has 1 atom stereocenters. The molecule has 1 nitrogen and oxygen atoms in total. The molecule has 1 rings (SSSR count). The first kappa shape index (κ1) is 13.2. The van der Waals surface area contributed by atoms with E-state index >= 15 is 0 Å². The van der Waals surface area contributed by atoms with Crippen LogP contribution in [0.4, 0.5) is 0 Å². The first-order valence-electron chi connectivity index (χ1n) is 6.37. The Kier molecular flexibility index (Phi) is 5.54. The van der Waals surface area contributed by atoms with Crippen molar-refractivity contribution in [2.45, 2.75) is 46.6 Å². The third-order valence-corrected chi connectivity index (χ3v) is 2.88. The van der Waals surface area contributed by atoms with Crippen LogP contribution in [0.3, 0.4) is 0 Å². The van der Waals surface area contributed by atoms with Crippen LogP contribution >= 0.6 is 0 Å². The fourth-order valence-corrected chi connectivity index (χ4v) is 1.77. The SMILES string of the molecule is Cc1ccc(CC(C)NCCC(C)C)cc1. The molecule has 0 aromatic heterocycles. The van der Waals surface area contributed by atoms with Crippen LogP contribution in [0.5, 0.6) is 0 Å². The fraction of sp³-hybridized carbons (Fsp3) is 0.600. The standard InChI is InChI=1S/C15H25N/c1-12(2)9-10-16-14(4)11-15-7-5-13(3)6-8-15/h5-8,12,14,16H,9-11H2,1-4H3. The van der Waals surface area contributed by atoms with Gasteiger partial charge in [0.15, 0.2) is 0 Å². The van der Waals surface area contributed by atoms with E-state index < -0.39 is 0 Å². The molecule has 90 valence electrons. The summed E-state index contributed by atoms with van der Waals surface area (Å²) < 4.78 is 0. The second-order valence-corrected chi connectivity index (χ2v) is 5.23. The molecule has 0 saturated heterocycles. The van der Waals surface area contributed by atoms with E-state index in [9.17, 15) is 0 Å². The molecule has 0 aliphatic rings. The molecule has 1 aromatic rings. The van der Waals surface area contributed by atoms with Crippen LogP contribution in [0.2, 0.25) is 0 Å². The number of hydrogen-bond acceptors (Lipinski definition) is 1. The summed E-state index contributed by atoms with van der Waals surface area (Å²) in [5.41, 5.74) is 2.76. The van der Waals surface area contributed by atoms with Crippen molar-refractivity contribution in [3.63, 3.8) is 0 Å². The van der Waals surface area contributed by atoms with Crippen molar-refractivity contribution in [1.82, 2.24) is 5.32 Å². The van der Waals surface area contributed by atoms with Gasteiger partial charge >= 0.3 is 0 Å². The van der Waals surface area contributed by atoms with Crippen LogP contribution in [0.15, 0.2) is 24.3 Å². The van der Waals surface area contributed by atoms with Crippen molar-refractivity contribution in [2.75, 3.05) is 6.54 Å². The fourth-order valence-electron chi connectivity index (χ4n) is 1.77. The van der Waals surface area contributed by atoms with E-state index in [0.717, 1.165) is 18.9 Å². The molecule has 0 heterocycles. The van der Waals surface area contributed by atoms with Gasteiger partial charge in [-0.25, -0.2) is 0 Å². The average molecular weight is 219 g/mol. The first-order chi connectivity index (χ1) is 7.58. The smallest absolute Gasteiger partial charge is 0.00791 e. The van der Waals surface area contributed by atoms with Crippen molar-refractivity contribution < 1.29 is 0 Å². The molecule has 0 saturated carbocycles. The maximum Gasteiger partial charge on any atom is 0.00791 e. The van der Waals surface area contributed by atoms with Gasteiger partial charge in [-0.2, -0.15) is 0 Å². The minimum Gasteiger partial charge on any atom is -0.314 e. The van der Waals surface area contributed by atoms with Gasteiger partial charge in [-0.15, -0.1) is 0 Å². The number of nitrogens with one attached hydrogen (secondary N) is 1. The highest BCUT2D eigenvalue weighted by Gasteiger charge is 2.03. The van der Waals surface area contributed by atoms with Gasteiger partial charge in [0.25, 0.3) is 0 Å². The zero-order valence-electron chi connectivity index (χ0n) is 11.1. The highest BCUT2D eigenvalue weighted by molar-refractivity contribution is 5.21. The molecule has 16 heavy (non-hydrogen) atoms. The molecule has 1 N–H and O–H groups in total. The predicted molar refractivity (Wildman–Crippen MR) is 71.8 cm³/mol. The minimum absolute atomic E-state index is 0.571. The summed E-state index contributed by atoms with van der Waals surface area (Å²) in [6, 6.07) is 9.42. The normalized spacial score (nSPS) is 13.1. The second kappa shape index (κ2) is 6.70. The molecule has 0 fully saturated rings. The molecule has 0 aliphatic carbocycles. The maximum atomic E-state index is 3.58. The van der Waals surface area contributed by atoms with Gasteiger partial charge in [0, 0.05) is 6.04 Å². The summed E-state index contributed by atoms with van der Waals surface area (Å²) in [6.07, 6.45) is 2.39. The number of rotatable bonds is 6. The van der Waals surface area contributed by atoms with Crippen LogP contribution in [0.1, 0.15) is 38.3 Å². The summed E-state index contributed by atoms with van der Waals surface area (Å²) in [5.74, 6) is 0.791. The van der Waals surface area contributed by atoms with E-state index in [0.29, 0.717) is 6.04 Å².